The van der Waals surface area contributed by atoms with Crippen molar-refractivity contribution in [1.29, 1.82) is 0 Å². The Morgan fingerprint density at radius 1 is 1.32 bits per heavy atom. The molecule has 1 saturated heterocycles. The highest BCUT2D eigenvalue weighted by Gasteiger charge is 2.47. The lowest BCUT2D eigenvalue weighted by Gasteiger charge is -2.45. The maximum Gasteiger partial charge on any atom is 0.140 e. The van der Waals surface area contributed by atoms with Gasteiger partial charge in [0.2, 0.25) is 0 Å². The zero-order valence-corrected chi connectivity index (χ0v) is 16.1. The topological polar surface area (TPSA) is 119 Å². The van der Waals surface area contributed by atoms with Gasteiger partial charge in [-0.05, 0) is 25.0 Å². The van der Waals surface area contributed by atoms with Gasteiger partial charge in [0, 0.05) is 12.5 Å². The Morgan fingerprint density at radius 2 is 1.96 bits per heavy atom. The molecule has 0 spiro atoms. The maximum atomic E-state index is 12.5. The third-order valence-corrected chi connectivity index (χ3v) is 6.18. The maximum absolute atomic E-state index is 12.5. The number of carbonyl (C=O) groups is 1. The molecule has 8 atom stereocenters. The summed E-state index contributed by atoms with van der Waals surface area (Å²) >= 11 is 1.35. The van der Waals surface area contributed by atoms with Crippen LogP contribution in [-0.4, -0.2) is 81.0 Å². The van der Waals surface area contributed by atoms with Gasteiger partial charge in [0.1, 0.15) is 29.5 Å². The van der Waals surface area contributed by atoms with E-state index in [2.05, 4.69) is 5.32 Å². The third-order valence-electron chi connectivity index (χ3n) is 5.31. The van der Waals surface area contributed by atoms with Crippen molar-refractivity contribution in [3.05, 3.63) is 0 Å². The van der Waals surface area contributed by atoms with E-state index in [0.717, 1.165) is 0 Å². The zero-order valence-electron chi connectivity index (χ0n) is 15.3. The van der Waals surface area contributed by atoms with Crippen molar-refractivity contribution in [3.8, 4) is 0 Å². The van der Waals surface area contributed by atoms with Crippen LogP contribution < -0.4 is 5.32 Å². The van der Waals surface area contributed by atoms with Crippen molar-refractivity contribution >= 4 is 17.5 Å². The Bertz CT molecular complexity index is 474. The monoisotopic (exact) mass is 377 g/mol. The van der Waals surface area contributed by atoms with E-state index in [1.54, 1.807) is 6.92 Å². The summed E-state index contributed by atoms with van der Waals surface area (Å²) in [5, 5.41) is 43.5. The van der Waals surface area contributed by atoms with Gasteiger partial charge in [-0.15, -0.1) is 11.8 Å². The average Bonchev–Trinajstić information content (AvgIpc) is 2.50. The van der Waals surface area contributed by atoms with E-state index >= 15 is 0 Å². The Kier molecular flexibility index (Phi) is 6.92. The minimum absolute atomic E-state index is 0.00412. The molecule has 0 amide bonds. The SMILES string of the molecule is CSC1OC(CO)[C@@H](O)C(O)C1N[C@H](C)C1C(=O)CC(C)(C)CC1O. The number of ketones is 1. The standard InChI is InChI=1S/C17H31NO6S/c1-8(12-9(20)5-17(2,3)6-10(12)21)18-13-15(23)14(22)11(7-19)24-16(13)25-4/h8-9,11-16,18-20,22-23H,5-7H2,1-4H3/t8-,9?,11?,12?,13?,14-,15?,16?/m1/s1. The summed E-state index contributed by atoms with van der Waals surface area (Å²) < 4.78 is 5.65. The molecule has 0 bridgehead atoms. The number of thioether (sulfide) groups is 1. The predicted molar refractivity (Wildman–Crippen MR) is 95.2 cm³/mol. The van der Waals surface area contributed by atoms with Crippen molar-refractivity contribution in [2.45, 2.75) is 75.5 Å². The molecule has 2 rings (SSSR count). The molecule has 6 unspecified atom stereocenters. The van der Waals surface area contributed by atoms with Crippen LogP contribution in [0.4, 0.5) is 0 Å². The van der Waals surface area contributed by atoms with Gasteiger partial charge in [-0.25, -0.2) is 0 Å². The molecule has 8 heteroatoms. The number of ether oxygens (including phenoxy) is 1. The average molecular weight is 378 g/mol. The summed E-state index contributed by atoms with van der Waals surface area (Å²) in [7, 11) is 0. The van der Waals surface area contributed by atoms with E-state index in [9.17, 15) is 25.2 Å². The predicted octanol–water partition coefficient (Wildman–Crippen LogP) is -0.499. The summed E-state index contributed by atoms with van der Waals surface area (Å²) in [5.74, 6) is -0.556. The molecule has 0 aromatic rings. The summed E-state index contributed by atoms with van der Waals surface area (Å²) in [5.41, 5.74) is -0.697. The van der Waals surface area contributed by atoms with Crippen LogP contribution in [0.1, 0.15) is 33.6 Å². The largest absolute Gasteiger partial charge is 0.394 e. The third kappa shape index (κ3) is 4.55. The lowest BCUT2D eigenvalue weighted by molar-refractivity contribution is -0.174. The molecule has 1 heterocycles. The molecule has 7 nitrogen and oxygen atoms in total. The van der Waals surface area contributed by atoms with Gasteiger partial charge >= 0.3 is 0 Å². The van der Waals surface area contributed by atoms with Crippen LogP contribution in [0.25, 0.3) is 0 Å². The molecule has 2 fully saturated rings. The first-order chi connectivity index (χ1) is 11.6. The number of hydrogen-bond acceptors (Lipinski definition) is 8. The number of nitrogens with one attached hydrogen (secondary N) is 1. The first kappa shape index (κ1) is 21.1. The molecule has 0 radical (unpaired) electrons. The van der Waals surface area contributed by atoms with Crippen molar-refractivity contribution < 1.29 is 30.0 Å². The van der Waals surface area contributed by atoms with Crippen LogP contribution in [0.15, 0.2) is 0 Å². The van der Waals surface area contributed by atoms with E-state index in [4.69, 9.17) is 4.74 Å². The lowest BCUT2D eigenvalue weighted by atomic mass is 9.68. The number of Topliss-reactive ketones (excluding diaryl/α,β-unsaturated/α-hetero) is 1. The minimum atomic E-state index is -1.22. The number of hydrogen-bond donors (Lipinski definition) is 5. The molecule has 0 aromatic heterocycles. The van der Waals surface area contributed by atoms with E-state index in [1.165, 1.54) is 11.8 Å². The van der Waals surface area contributed by atoms with Crippen molar-refractivity contribution in [2.75, 3.05) is 12.9 Å². The van der Waals surface area contributed by atoms with Crippen LogP contribution in [0.3, 0.4) is 0 Å². The molecule has 2 aliphatic rings. The zero-order chi connectivity index (χ0) is 18.9. The van der Waals surface area contributed by atoms with E-state index in [1.807, 2.05) is 20.1 Å². The first-order valence-corrected chi connectivity index (χ1v) is 10.0. The second kappa shape index (κ2) is 8.21. The number of rotatable bonds is 5. The van der Waals surface area contributed by atoms with Crippen molar-refractivity contribution in [1.82, 2.24) is 5.32 Å². The summed E-state index contributed by atoms with van der Waals surface area (Å²) in [6, 6.07) is -0.993. The normalized spacial score (nSPS) is 43.0. The summed E-state index contributed by atoms with van der Waals surface area (Å²) in [6.45, 7) is 5.36. The molecule has 25 heavy (non-hydrogen) atoms. The van der Waals surface area contributed by atoms with Gasteiger partial charge < -0.3 is 30.5 Å². The Balaban J connectivity index is 2.10. The van der Waals surface area contributed by atoms with E-state index < -0.39 is 41.8 Å². The van der Waals surface area contributed by atoms with Gasteiger partial charge in [-0.2, -0.15) is 0 Å². The van der Waals surface area contributed by atoms with E-state index in [-0.39, 0.29) is 23.8 Å². The highest BCUT2D eigenvalue weighted by atomic mass is 32.2. The fraction of sp³-hybridized carbons (Fsp3) is 0.941. The second-order valence-corrected chi connectivity index (χ2v) is 8.96. The van der Waals surface area contributed by atoms with Gasteiger partial charge in [-0.1, -0.05) is 13.8 Å². The van der Waals surface area contributed by atoms with Crippen LogP contribution in [0, 0.1) is 11.3 Å². The molecular formula is C17H31NO6S. The molecule has 5 N–H and O–H groups in total. The van der Waals surface area contributed by atoms with Crippen molar-refractivity contribution in [3.63, 3.8) is 0 Å². The minimum Gasteiger partial charge on any atom is -0.394 e. The molecule has 1 saturated carbocycles. The van der Waals surface area contributed by atoms with Crippen molar-refractivity contribution in [2.24, 2.45) is 11.3 Å². The molecule has 0 aromatic carbocycles. The fourth-order valence-corrected chi connectivity index (χ4v) is 4.84. The van der Waals surface area contributed by atoms with Gasteiger partial charge in [-0.3, -0.25) is 4.79 Å². The summed E-state index contributed by atoms with van der Waals surface area (Å²) in [4.78, 5) is 12.5. The lowest BCUT2D eigenvalue weighted by Crippen LogP contribution is -2.65. The number of carbonyl (C=O) groups excluding carboxylic acids is 1. The van der Waals surface area contributed by atoms with Crippen LogP contribution in [-0.2, 0) is 9.53 Å². The number of aliphatic hydroxyl groups excluding tert-OH is 4. The molecular weight excluding hydrogens is 346 g/mol. The van der Waals surface area contributed by atoms with Gasteiger partial charge in [0.25, 0.3) is 0 Å². The molecule has 146 valence electrons. The Labute approximate surface area is 153 Å². The highest BCUT2D eigenvalue weighted by Crippen LogP contribution is 2.38. The first-order valence-electron chi connectivity index (χ1n) is 8.73. The van der Waals surface area contributed by atoms with Crippen LogP contribution >= 0.6 is 11.8 Å². The quantitative estimate of drug-likeness (QED) is 0.435. The second-order valence-electron chi connectivity index (χ2n) is 8.03. The highest BCUT2D eigenvalue weighted by molar-refractivity contribution is 7.99. The smallest absolute Gasteiger partial charge is 0.140 e. The Morgan fingerprint density at radius 3 is 2.48 bits per heavy atom. The Hall–Kier alpha value is -0.220. The van der Waals surface area contributed by atoms with Crippen LogP contribution in [0.5, 0.6) is 0 Å². The summed E-state index contributed by atoms with van der Waals surface area (Å²) in [6.07, 6.45) is -1.19. The van der Waals surface area contributed by atoms with E-state index in [0.29, 0.717) is 12.8 Å². The fourth-order valence-electron chi connectivity index (χ4n) is 4.05. The molecule has 1 aliphatic heterocycles. The van der Waals surface area contributed by atoms with Crippen LogP contribution in [0.2, 0.25) is 0 Å². The van der Waals surface area contributed by atoms with Gasteiger partial charge in [0.15, 0.2) is 0 Å². The number of aliphatic hydroxyl groups is 4. The molecule has 1 aliphatic carbocycles. The van der Waals surface area contributed by atoms with Gasteiger partial charge in [0.05, 0.1) is 24.7 Å².